The van der Waals surface area contributed by atoms with Crippen molar-refractivity contribution in [3.8, 4) is 11.5 Å². The molecule has 2 rings (SSSR count). The molecule has 0 aliphatic rings. The van der Waals surface area contributed by atoms with Gasteiger partial charge in [0, 0.05) is 31.8 Å². The molecule has 1 amide bonds. The zero-order valence-corrected chi connectivity index (χ0v) is 14.5. The second-order valence-electron chi connectivity index (χ2n) is 5.44. The summed E-state index contributed by atoms with van der Waals surface area (Å²) in [7, 11) is 6.61. The molecular formula is C19H23NO4. The van der Waals surface area contributed by atoms with Crippen molar-refractivity contribution < 1.29 is 19.0 Å². The van der Waals surface area contributed by atoms with Crippen LogP contribution in [0.4, 0.5) is 0 Å². The quantitative estimate of drug-likeness (QED) is 0.783. The van der Waals surface area contributed by atoms with Crippen LogP contribution in [0.3, 0.4) is 0 Å². The average Bonchev–Trinajstić information content (AvgIpc) is 2.61. The van der Waals surface area contributed by atoms with E-state index in [1.54, 1.807) is 33.3 Å². The first-order valence-corrected chi connectivity index (χ1v) is 7.64. The first kappa shape index (κ1) is 17.8. The fourth-order valence-electron chi connectivity index (χ4n) is 2.54. The number of carbonyl (C=O) groups is 1. The summed E-state index contributed by atoms with van der Waals surface area (Å²) >= 11 is 0. The van der Waals surface area contributed by atoms with Gasteiger partial charge < -0.3 is 19.1 Å². The fourth-order valence-corrected chi connectivity index (χ4v) is 2.54. The van der Waals surface area contributed by atoms with E-state index in [9.17, 15) is 4.79 Å². The van der Waals surface area contributed by atoms with Crippen LogP contribution in [0.5, 0.6) is 11.5 Å². The Balaban J connectivity index is 2.14. The molecule has 128 valence electrons. The van der Waals surface area contributed by atoms with Crippen LogP contribution in [0.25, 0.3) is 0 Å². The zero-order valence-electron chi connectivity index (χ0n) is 14.5. The lowest BCUT2D eigenvalue weighted by Gasteiger charge is -2.20. The summed E-state index contributed by atoms with van der Waals surface area (Å²) in [6.07, 6.45) is 0. The minimum Gasteiger partial charge on any atom is -0.493 e. The topological polar surface area (TPSA) is 48.0 Å². The second kappa shape index (κ2) is 8.36. The normalized spacial score (nSPS) is 10.3. The maximum atomic E-state index is 12.6. The van der Waals surface area contributed by atoms with E-state index in [0.29, 0.717) is 30.2 Å². The largest absolute Gasteiger partial charge is 0.493 e. The molecule has 5 nitrogen and oxygen atoms in total. The SMILES string of the molecule is COCc1ccc(C(=O)N(C)Cc2cccc(OC)c2OC)cc1. The van der Waals surface area contributed by atoms with Gasteiger partial charge in [0.1, 0.15) is 0 Å². The van der Waals surface area contributed by atoms with E-state index in [2.05, 4.69) is 0 Å². The van der Waals surface area contributed by atoms with Crippen LogP contribution in [0.15, 0.2) is 42.5 Å². The number of para-hydroxylation sites is 1. The number of hydrogen-bond donors (Lipinski definition) is 0. The highest BCUT2D eigenvalue weighted by molar-refractivity contribution is 5.94. The van der Waals surface area contributed by atoms with Crippen molar-refractivity contribution in [3.05, 3.63) is 59.2 Å². The number of nitrogens with zero attached hydrogens (tertiary/aromatic N) is 1. The van der Waals surface area contributed by atoms with Crippen molar-refractivity contribution in [3.63, 3.8) is 0 Å². The summed E-state index contributed by atoms with van der Waals surface area (Å²) in [4.78, 5) is 14.3. The highest BCUT2D eigenvalue weighted by Crippen LogP contribution is 2.31. The number of benzene rings is 2. The number of methoxy groups -OCH3 is 3. The molecule has 5 heteroatoms. The number of rotatable bonds is 7. The second-order valence-corrected chi connectivity index (χ2v) is 5.44. The molecule has 0 saturated heterocycles. The third-order valence-electron chi connectivity index (χ3n) is 3.75. The molecule has 0 aliphatic heterocycles. The van der Waals surface area contributed by atoms with Crippen LogP contribution in [-0.4, -0.2) is 39.2 Å². The summed E-state index contributed by atoms with van der Waals surface area (Å²) in [5.74, 6) is 1.25. The molecule has 0 aliphatic carbocycles. The van der Waals surface area contributed by atoms with Gasteiger partial charge in [0.2, 0.25) is 0 Å². The Labute approximate surface area is 142 Å². The van der Waals surface area contributed by atoms with Crippen molar-refractivity contribution in [2.75, 3.05) is 28.4 Å². The van der Waals surface area contributed by atoms with Gasteiger partial charge in [-0.15, -0.1) is 0 Å². The minimum absolute atomic E-state index is 0.0520. The Bertz CT molecular complexity index is 682. The van der Waals surface area contributed by atoms with E-state index in [1.807, 2.05) is 42.5 Å². The molecule has 0 fully saturated rings. The zero-order chi connectivity index (χ0) is 17.5. The summed E-state index contributed by atoms with van der Waals surface area (Å²) in [5.41, 5.74) is 2.56. The molecule has 0 bridgehead atoms. The fraction of sp³-hybridized carbons (Fsp3) is 0.316. The van der Waals surface area contributed by atoms with E-state index in [1.165, 1.54) is 0 Å². The lowest BCUT2D eigenvalue weighted by molar-refractivity contribution is 0.0784. The predicted octanol–water partition coefficient (Wildman–Crippen LogP) is 3.12. The maximum absolute atomic E-state index is 12.6. The molecule has 0 saturated carbocycles. The molecule has 0 N–H and O–H groups in total. The van der Waals surface area contributed by atoms with E-state index >= 15 is 0 Å². The van der Waals surface area contributed by atoms with Crippen LogP contribution >= 0.6 is 0 Å². The molecule has 24 heavy (non-hydrogen) atoms. The van der Waals surface area contributed by atoms with Crippen molar-refractivity contribution in [1.29, 1.82) is 0 Å². The molecule has 0 spiro atoms. The number of amides is 1. The average molecular weight is 329 g/mol. The Hall–Kier alpha value is -2.53. The van der Waals surface area contributed by atoms with Gasteiger partial charge in [0.25, 0.3) is 5.91 Å². The summed E-state index contributed by atoms with van der Waals surface area (Å²) in [5, 5.41) is 0. The predicted molar refractivity (Wildman–Crippen MR) is 92.5 cm³/mol. The van der Waals surface area contributed by atoms with Gasteiger partial charge >= 0.3 is 0 Å². The molecule has 2 aromatic carbocycles. The highest BCUT2D eigenvalue weighted by Gasteiger charge is 2.16. The maximum Gasteiger partial charge on any atom is 0.253 e. The third kappa shape index (κ3) is 4.06. The Morgan fingerprint density at radius 2 is 1.71 bits per heavy atom. The van der Waals surface area contributed by atoms with Crippen molar-refractivity contribution in [2.45, 2.75) is 13.2 Å². The Morgan fingerprint density at radius 3 is 2.29 bits per heavy atom. The van der Waals surface area contributed by atoms with Gasteiger partial charge in [-0.3, -0.25) is 4.79 Å². The van der Waals surface area contributed by atoms with Gasteiger partial charge in [-0.2, -0.15) is 0 Å². The molecule has 2 aromatic rings. The minimum atomic E-state index is -0.0520. The highest BCUT2D eigenvalue weighted by atomic mass is 16.5. The molecule has 0 unspecified atom stereocenters. The Kier molecular flexibility index (Phi) is 6.21. The first-order valence-electron chi connectivity index (χ1n) is 7.64. The third-order valence-corrected chi connectivity index (χ3v) is 3.75. The van der Waals surface area contributed by atoms with Gasteiger partial charge in [0.15, 0.2) is 11.5 Å². The van der Waals surface area contributed by atoms with Crippen LogP contribution < -0.4 is 9.47 Å². The standard InChI is InChI=1S/C19H23NO4/c1-20(12-16-6-5-7-17(23-3)18(16)24-4)19(21)15-10-8-14(9-11-15)13-22-2/h5-11H,12-13H2,1-4H3. The summed E-state index contributed by atoms with van der Waals surface area (Å²) < 4.78 is 15.8. The number of carbonyl (C=O) groups excluding carboxylic acids is 1. The number of hydrogen-bond acceptors (Lipinski definition) is 4. The van der Waals surface area contributed by atoms with Gasteiger partial charge in [0.05, 0.1) is 20.8 Å². The Morgan fingerprint density at radius 1 is 1.00 bits per heavy atom. The van der Waals surface area contributed by atoms with Crippen LogP contribution in [0.1, 0.15) is 21.5 Å². The smallest absolute Gasteiger partial charge is 0.253 e. The van der Waals surface area contributed by atoms with E-state index in [4.69, 9.17) is 14.2 Å². The van der Waals surface area contributed by atoms with Gasteiger partial charge in [-0.1, -0.05) is 24.3 Å². The molecular weight excluding hydrogens is 306 g/mol. The molecule has 0 aromatic heterocycles. The van der Waals surface area contributed by atoms with Crippen LogP contribution in [0, 0.1) is 0 Å². The van der Waals surface area contributed by atoms with E-state index < -0.39 is 0 Å². The van der Waals surface area contributed by atoms with Gasteiger partial charge in [-0.05, 0) is 23.8 Å². The molecule has 0 radical (unpaired) electrons. The van der Waals surface area contributed by atoms with E-state index in [-0.39, 0.29) is 5.91 Å². The molecule has 0 atom stereocenters. The summed E-state index contributed by atoms with van der Waals surface area (Å²) in [6, 6.07) is 13.1. The van der Waals surface area contributed by atoms with Crippen LogP contribution in [-0.2, 0) is 17.9 Å². The monoisotopic (exact) mass is 329 g/mol. The molecule has 0 heterocycles. The van der Waals surface area contributed by atoms with Gasteiger partial charge in [-0.25, -0.2) is 0 Å². The summed E-state index contributed by atoms with van der Waals surface area (Å²) in [6.45, 7) is 0.963. The van der Waals surface area contributed by atoms with E-state index in [0.717, 1.165) is 11.1 Å². The van der Waals surface area contributed by atoms with Crippen LogP contribution in [0.2, 0.25) is 0 Å². The van der Waals surface area contributed by atoms with Crippen molar-refractivity contribution in [1.82, 2.24) is 4.90 Å². The lowest BCUT2D eigenvalue weighted by Crippen LogP contribution is -2.26. The first-order chi connectivity index (χ1) is 11.6. The van der Waals surface area contributed by atoms with Crippen molar-refractivity contribution >= 4 is 5.91 Å². The van der Waals surface area contributed by atoms with Crippen molar-refractivity contribution in [2.24, 2.45) is 0 Å². The lowest BCUT2D eigenvalue weighted by atomic mass is 10.1. The number of ether oxygens (including phenoxy) is 3.